The summed E-state index contributed by atoms with van der Waals surface area (Å²) in [6.45, 7) is 5.58. The second-order valence-corrected chi connectivity index (χ2v) is 21.7. The Morgan fingerprint density at radius 1 is 0.797 bits per heavy atom. The van der Waals surface area contributed by atoms with E-state index in [0.29, 0.717) is 40.4 Å². The topological polar surface area (TPSA) is 140 Å². The quantitative estimate of drug-likeness (QED) is 0.0317. The van der Waals surface area contributed by atoms with Gasteiger partial charge in [0.15, 0.2) is 20.5 Å². The summed E-state index contributed by atoms with van der Waals surface area (Å²) >= 11 is 3.01. The zero-order chi connectivity index (χ0) is 48.2. The molecule has 0 bridgehead atoms. The van der Waals surface area contributed by atoms with Gasteiger partial charge in [0.25, 0.3) is 5.91 Å². The summed E-state index contributed by atoms with van der Waals surface area (Å²) in [4.78, 5) is 44.5. The first-order chi connectivity index (χ1) is 33.6. The van der Waals surface area contributed by atoms with Crippen molar-refractivity contribution in [1.82, 2.24) is 14.2 Å². The number of hydrogen-bond donors (Lipinski definition) is 1. The summed E-state index contributed by atoms with van der Waals surface area (Å²) in [7, 11) is 2.16. The molecule has 360 valence electrons. The second kappa shape index (κ2) is 23.5. The van der Waals surface area contributed by atoms with E-state index in [0.717, 1.165) is 48.4 Å². The second-order valence-electron chi connectivity index (χ2n) is 16.9. The van der Waals surface area contributed by atoms with E-state index in [9.17, 15) is 14.4 Å². The van der Waals surface area contributed by atoms with Crippen LogP contribution < -0.4 is 20.5 Å². The Morgan fingerprint density at radius 3 is 1.96 bits per heavy atom. The molecule has 0 aliphatic carbocycles. The minimum atomic E-state index is -1.13. The zero-order valence-corrected chi connectivity index (χ0v) is 41.7. The van der Waals surface area contributed by atoms with Crippen molar-refractivity contribution in [1.29, 1.82) is 0 Å². The number of rotatable bonds is 21. The molecule has 8 rings (SSSR count). The summed E-state index contributed by atoms with van der Waals surface area (Å²) in [5.41, 5.74) is 1.52. The number of aromatic nitrogens is 2. The van der Waals surface area contributed by atoms with Gasteiger partial charge in [0.1, 0.15) is 29.0 Å². The lowest BCUT2D eigenvalue weighted by Gasteiger charge is -2.38. The molecule has 2 aliphatic heterocycles. The Bertz CT molecular complexity index is 2630. The predicted molar refractivity (Wildman–Crippen MR) is 273 cm³/mol. The van der Waals surface area contributed by atoms with Crippen molar-refractivity contribution in [3.05, 3.63) is 190 Å². The zero-order valence-electron chi connectivity index (χ0n) is 39.2. The van der Waals surface area contributed by atoms with Crippen LogP contribution in [0.4, 0.5) is 5.82 Å². The van der Waals surface area contributed by atoms with Gasteiger partial charge in [-0.2, -0.15) is 4.98 Å². The van der Waals surface area contributed by atoms with Crippen molar-refractivity contribution in [2.45, 2.75) is 56.6 Å². The highest BCUT2D eigenvalue weighted by Crippen LogP contribution is 2.56. The van der Waals surface area contributed by atoms with E-state index in [1.54, 1.807) is 63.0 Å². The lowest BCUT2D eigenvalue weighted by atomic mass is 9.79. The van der Waals surface area contributed by atoms with E-state index in [1.165, 1.54) is 16.3 Å². The molecular weight excluding hydrogens is 932 g/mol. The number of carbonyl (C=O) groups excluding carboxylic acids is 2. The molecule has 0 saturated carbocycles. The van der Waals surface area contributed by atoms with E-state index in [-0.39, 0.29) is 30.2 Å². The number of nitrogens with one attached hydrogen (secondary N) is 1. The van der Waals surface area contributed by atoms with Gasteiger partial charge >= 0.3 is 5.69 Å². The molecule has 5 aromatic carbocycles. The fraction of sp³-hybridized carbons (Fsp3) is 0.321. The van der Waals surface area contributed by atoms with Gasteiger partial charge < -0.3 is 33.5 Å². The molecule has 13 nitrogen and oxygen atoms in total. The van der Waals surface area contributed by atoms with E-state index in [4.69, 9.17) is 28.2 Å². The Hall–Kier alpha value is -5.35. The molecule has 3 heterocycles. The maximum atomic E-state index is 14.1. The highest BCUT2D eigenvalue weighted by atomic mass is 32.7. The maximum absolute atomic E-state index is 14.1. The van der Waals surface area contributed by atoms with E-state index in [1.807, 2.05) is 122 Å². The fourth-order valence-electron chi connectivity index (χ4n) is 8.53. The van der Waals surface area contributed by atoms with Crippen molar-refractivity contribution < 1.29 is 37.8 Å². The number of ether oxygens (including phenoxy) is 5. The van der Waals surface area contributed by atoms with Crippen LogP contribution in [0.25, 0.3) is 0 Å². The molecule has 69 heavy (non-hydrogen) atoms. The number of aryl methyl sites for hydroxylation is 1. The number of methoxy groups -OCH3 is 2. The monoisotopic (exact) mass is 988 g/mol. The van der Waals surface area contributed by atoms with Gasteiger partial charge in [-0.05, 0) is 79.8 Å². The molecule has 0 spiro atoms. The van der Waals surface area contributed by atoms with Gasteiger partial charge in [0.2, 0.25) is 5.12 Å². The van der Waals surface area contributed by atoms with E-state index >= 15 is 0 Å². The van der Waals surface area contributed by atoms with Crippen molar-refractivity contribution in [3.63, 3.8) is 0 Å². The first-order valence-electron chi connectivity index (χ1n) is 22.9. The lowest BCUT2D eigenvalue weighted by Crippen LogP contribution is -2.40. The average molecular weight is 989 g/mol. The molecule has 2 fully saturated rings. The van der Waals surface area contributed by atoms with Crippen LogP contribution in [0.15, 0.2) is 151 Å². The normalized spacial score (nSPS) is 18.7. The molecule has 1 aromatic heterocycles. The number of anilines is 1. The molecule has 1 amide bonds. The highest BCUT2D eigenvalue weighted by Gasteiger charge is 2.49. The molecule has 1 N–H and O–H groups in total. The summed E-state index contributed by atoms with van der Waals surface area (Å²) in [6, 6.07) is 43.8. The van der Waals surface area contributed by atoms with E-state index in [2.05, 4.69) is 15.0 Å². The van der Waals surface area contributed by atoms with Crippen LogP contribution in [0.5, 0.6) is 11.5 Å². The Labute approximate surface area is 412 Å². The number of amides is 1. The number of nitrogens with zero attached hydrogens (tertiary/aromatic N) is 3. The fourth-order valence-corrected chi connectivity index (χ4v) is 13.4. The van der Waals surface area contributed by atoms with Gasteiger partial charge in [-0.3, -0.25) is 18.8 Å². The van der Waals surface area contributed by atoms with Crippen LogP contribution in [0, 0.1) is 6.92 Å². The molecular formula is C53H57N4O9PS2. The number of hydrogen-bond acceptors (Lipinski definition) is 13. The largest absolute Gasteiger partial charge is 0.497 e. The molecule has 16 heteroatoms. The molecule has 6 aromatic rings. The highest BCUT2D eigenvalue weighted by molar-refractivity contribution is 8.53. The maximum Gasteiger partial charge on any atom is 0.351 e. The number of thioether (sulfide) groups is 1. The van der Waals surface area contributed by atoms with E-state index < -0.39 is 36.7 Å². The van der Waals surface area contributed by atoms with Crippen molar-refractivity contribution in [3.8, 4) is 11.5 Å². The van der Waals surface area contributed by atoms with Crippen LogP contribution in [0.1, 0.15) is 75.4 Å². The Balaban J connectivity index is 1.07. The van der Waals surface area contributed by atoms with Crippen LogP contribution in [-0.2, 0) is 24.3 Å². The van der Waals surface area contributed by atoms with Gasteiger partial charge in [-0.25, -0.2) is 4.79 Å². The third kappa shape index (κ3) is 12.2. The van der Waals surface area contributed by atoms with Gasteiger partial charge in [0.05, 0.1) is 26.4 Å². The van der Waals surface area contributed by atoms with Crippen LogP contribution in [0.2, 0.25) is 0 Å². The standard InChI is InChI=1S/C53H57N4O9PS2/c1-38-35-57(51(60)55-47(38)54-48(58)39-16-8-5-9-17-39)49-46(63-37-65-67(56-30-14-15-31-56)69-33-32-68-50(59)40-18-10-6-11-19-40)34-52(2,66-49)36-64-53(41-20-12-7-13-21-41,42-22-26-44(61-3)27-23-42)43-24-28-45(62-4)29-25-43/h5-13,16-29,35,46,49H,14-15,30-34,36-37H2,1-4H3,(H,54,55,58,60)/t46-,49-,52?,67?/m1/s1. The van der Waals surface area contributed by atoms with Crippen LogP contribution in [-0.4, -0.2) is 89.2 Å². The summed E-state index contributed by atoms with van der Waals surface area (Å²) in [5, 5.41) is 2.85. The summed E-state index contributed by atoms with van der Waals surface area (Å²) in [5.74, 6) is 2.54. The van der Waals surface area contributed by atoms with Crippen molar-refractivity contribution >= 4 is 47.5 Å². The average Bonchev–Trinajstić information content (AvgIpc) is 4.05. The first-order valence-corrected chi connectivity index (χ1v) is 26.6. The Morgan fingerprint density at radius 2 is 1.36 bits per heavy atom. The molecule has 2 saturated heterocycles. The van der Waals surface area contributed by atoms with Crippen molar-refractivity contribution in [2.75, 3.05) is 57.5 Å². The molecule has 0 radical (unpaired) electrons. The minimum absolute atomic E-state index is 0.0471. The molecule has 2 unspecified atom stereocenters. The third-order valence-electron chi connectivity index (χ3n) is 12.1. The van der Waals surface area contributed by atoms with Gasteiger partial charge in [-0.15, -0.1) is 0 Å². The van der Waals surface area contributed by atoms with Gasteiger partial charge in [-0.1, -0.05) is 126 Å². The first kappa shape index (κ1) is 50.1. The molecule has 4 atom stereocenters. The van der Waals surface area contributed by atoms with Crippen LogP contribution >= 0.6 is 30.6 Å². The predicted octanol–water partition coefficient (Wildman–Crippen LogP) is 10.5. The molecule has 2 aliphatic rings. The minimum Gasteiger partial charge on any atom is -0.497 e. The SMILES string of the molecule is COc1ccc(C(OCC2(C)C[C@@H](OCOP(SCCSC(=O)c3ccccc3)N3CCCC3)[C@H](n3cc(C)c(NC(=O)c4ccccc4)nc3=O)O2)(c2ccccc2)c2ccc(OC)cc2)cc1. The lowest BCUT2D eigenvalue weighted by molar-refractivity contribution is -0.142. The smallest absolute Gasteiger partial charge is 0.351 e. The number of carbonyl (C=O) groups is 2. The summed E-state index contributed by atoms with van der Waals surface area (Å²) < 4.78 is 42.5. The summed E-state index contributed by atoms with van der Waals surface area (Å²) in [6.07, 6.45) is 2.50. The Kier molecular flexibility index (Phi) is 17.1. The van der Waals surface area contributed by atoms with Gasteiger partial charge in [0, 0.05) is 53.9 Å². The third-order valence-corrected chi connectivity index (χ3v) is 17.3. The van der Waals surface area contributed by atoms with Crippen molar-refractivity contribution in [2.24, 2.45) is 0 Å². The van der Waals surface area contributed by atoms with Crippen LogP contribution in [0.3, 0.4) is 0 Å². The number of benzene rings is 5.